The van der Waals surface area contributed by atoms with Gasteiger partial charge in [0, 0.05) is 6.54 Å². The van der Waals surface area contributed by atoms with Gasteiger partial charge in [-0.1, -0.05) is 6.07 Å². The molecule has 8 nitrogen and oxygen atoms in total. The number of nitrogens with zero attached hydrogens (tertiary/aromatic N) is 3. The van der Waals surface area contributed by atoms with E-state index in [1.807, 2.05) is 0 Å². The molecule has 164 valence electrons. The largest absolute Gasteiger partial charge is 0.416 e. The first-order valence-corrected chi connectivity index (χ1v) is 9.41. The lowest BCUT2D eigenvalue weighted by Gasteiger charge is -2.29. The fraction of sp³-hybridized carbons (Fsp3) is 0.300. The van der Waals surface area contributed by atoms with Gasteiger partial charge in [-0.15, -0.1) is 0 Å². The van der Waals surface area contributed by atoms with E-state index in [9.17, 15) is 22.8 Å². The van der Waals surface area contributed by atoms with Crippen molar-refractivity contribution in [1.29, 1.82) is 0 Å². The molecule has 3 rings (SSSR count). The van der Waals surface area contributed by atoms with E-state index in [-0.39, 0.29) is 18.1 Å². The Hall–Kier alpha value is -3.63. The van der Waals surface area contributed by atoms with Gasteiger partial charge in [0.25, 0.3) is 0 Å². The number of anilines is 2. The number of pyridine rings is 1. The number of nitrogen functional groups attached to an aromatic ring is 1. The molecule has 11 heteroatoms. The highest BCUT2D eigenvalue weighted by atomic mass is 19.4. The number of hydrogen-bond acceptors (Lipinski definition) is 5. The van der Waals surface area contributed by atoms with Crippen LogP contribution >= 0.6 is 0 Å². The Labute approximate surface area is 175 Å². The number of amides is 2. The SMILES string of the molecule is CCN(C(=O)C(=O)Nc1cnc(N)c2cn[nH]c12)[C@@H](C)c1ccc(C(F)(F)F)cc1C. The molecule has 0 aliphatic rings. The van der Waals surface area contributed by atoms with Crippen molar-refractivity contribution in [3.8, 4) is 0 Å². The molecule has 0 unspecified atom stereocenters. The molecule has 1 aromatic carbocycles. The molecule has 0 saturated carbocycles. The van der Waals surface area contributed by atoms with E-state index in [2.05, 4.69) is 20.5 Å². The minimum Gasteiger partial charge on any atom is -0.383 e. The highest BCUT2D eigenvalue weighted by Crippen LogP contribution is 2.33. The zero-order chi connectivity index (χ0) is 22.9. The molecule has 4 N–H and O–H groups in total. The summed E-state index contributed by atoms with van der Waals surface area (Å²) in [7, 11) is 0. The lowest BCUT2D eigenvalue weighted by atomic mass is 9.98. The molecule has 0 fully saturated rings. The predicted molar refractivity (Wildman–Crippen MR) is 109 cm³/mol. The van der Waals surface area contributed by atoms with Crippen molar-refractivity contribution in [1.82, 2.24) is 20.1 Å². The molecule has 2 aromatic heterocycles. The van der Waals surface area contributed by atoms with Gasteiger partial charge in [0.1, 0.15) is 5.82 Å². The number of halogens is 3. The summed E-state index contributed by atoms with van der Waals surface area (Å²) in [6.07, 6.45) is -1.71. The van der Waals surface area contributed by atoms with E-state index in [1.165, 1.54) is 30.3 Å². The van der Waals surface area contributed by atoms with Crippen LogP contribution in [0, 0.1) is 6.92 Å². The van der Waals surface area contributed by atoms with Crippen molar-refractivity contribution in [2.45, 2.75) is 33.0 Å². The number of aromatic amines is 1. The van der Waals surface area contributed by atoms with Crippen LogP contribution in [-0.4, -0.2) is 38.4 Å². The number of benzene rings is 1. The Morgan fingerprint density at radius 3 is 2.61 bits per heavy atom. The maximum absolute atomic E-state index is 12.9. The normalized spacial score (nSPS) is 12.6. The Morgan fingerprint density at radius 2 is 2.00 bits per heavy atom. The first-order valence-electron chi connectivity index (χ1n) is 9.41. The molecule has 2 heterocycles. The van der Waals surface area contributed by atoms with Crippen LogP contribution in [0.5, 0.6) is 0 Å². The van der Waals surface area contributed by atoms with Crippen LogP contribution in [0.2, 0.25) is 0 Å². The molecule has 0 spiro atoms. The van der Waals surface area contributed by atoms with Gasteiger partial charge >= 0.3 is 18.0 Å². The summed E-state index contributed by atoms with van der Waals surface area (Å²) in [6.45, 7) is 5.04. The number of aryl methyl sites for hydroxylation is 1. The molecule has 0 saturated heterocycles. The molecule has 0 radical (unpaired) electrons. The van der Waals surface area contributed by atoms with E-state index in [1.54, 1.807) is 13.8 Å². The number of alkyl halides is 3. The summed E-state index contributed by atoms with van der Waals surface area (Å²) in [5.41, 5.74) is 6.52. The predicted octanol–water partition coefficient (Wildman–Crippen LogP) is 3.42. The second-order valence-corrected chi connectivity index (χ2v) is 7.01. The van der Waals surface area contributed by atoms with Crippen LogP contribution in [-0.2, 0) is 15.8 Å². The lowest BCUT2D eigenvalue weighted by Crippen LogP contribution is -2.41. The first kappa shape index (κ1) is 22.1. The molecule has 0 aliphatic heterocycles. The minimum absolute atomic E-state index is 0.174. The number of rotatable bonds is 4. The fourth-order valence-electron chi connectivity index (χ4n) is 3.44. The molecule has 31 heavy (non-hydrogen) atoms. The lowest BCUT2D eigenvalue weighted by molar-refractivity contribution is -0.144. The van der Waals surface area contributed by atoms with Crippen LogP contribution in [0.15, 0.2) is 30.6 Å². The Morgan fingerprint density at radius 1 is 1.29 bits per heavy atom. The summed E-state index contributed by atoms with van der Waals surface area (Å²) in [5, 5.41) is 9.53. The van der Waals surface area contributed by atoms with E-state index >= 15 is 0 Å². The van der Waals surface area contributed by atoms with Crippen LogP contribution < -0.4 is 11.1 Å². The third kappa shape index (κ3) is 4.30. The van der Waals surface area contributed by atoms with Gasteiger partial charge < -0.3 is 16.0 Å². The van der Waals surface area contributed by atoms with E-state index in [0.29, 0.717) is 22.0 Å². The maximum Gasteiger partial charge on any atom is 0.416 e. The second kappa shape index (κ2) is 8.25. The standard InChI is InChI=1S/C20H21F3N6O2/c1-4-29(11(3)13-6-5-12(7-10(13)2)20(21,22)23)19(31)18(30)27-15-9-25-17(24)14-8-26-28-16(14)15/h5-9,11H,4H2,1-3H3,(H2,24,25)(H,26,28)(H,27,30)/t11-/m0/s1. The molecule has 3 aromatic rings. The summed E-state index contributed by atoms with van der Waals surface area (Å²) in [5.74, 6) is -1.53. The number of nitrogens with one attached hydrogen (secondary N) is 2. The summed E-state index contributed by atoms with van der Waals surface area (Å²) < 4.78 is 38.8. The van der Waals surface area contributed by atoms with E-state index < -0.39 is 29.6 Å². The van der Waals surface area contributed by atoms with Gasteiger partial charge in [-0.2, -0.15) is 18.3 Å². The van der Waals surface area contributed by atoms with Crippen molar-refractivity contribution in [2.24, 2.45) is 0 Å². The van der Waals surface area contributed by atoms with Crippen LogP contribution in [0.1, 0.15) is 36.6 Å². The van der Waals surface area contributed by atoms with Crippen molar-refractivity contribution in [2.75, 3.05) is 17.6 Å². The number of fused-ring (bicyclic) bond motifs is 1. The smallest absolute Gasteiger partial charge is 0.383 e. The van der Waals surface area contributed by atoms with Gasteiger partial charge in [0.15, 0.2) is 0 Å². The first-order chi connectivity index (χ1) is 14.5. The Kier molecular flexibility index (Phi) is 5.87. The van der Waals surface area contributed by atoms with Crippen LogP contribution in [0.25, 0.3) is 10.9 Å². The number of likely N-dealkylation sites (N-methyl/N-ethyl adjacent to an activating group) is 1. The monoisotopic (exact) mass is 434 g/mol. The third-order valence-corrected chi connectivity index (χ3v) is 5.08. The minimum atomic E-state index is -4.46. The number of carbonyl (C=O) groups excluding carboxylic acids is 2. The summed E-state index contributed by atoms with van der Waals surface area (Å²) in [4.78, 5) is 30.7. The average molecular weight is 434 g/mol. The van der Waals surface area contributed by atoms with Crippen molar-refractivity contribution < 1.29 is 22.8 Å². The van der Waals surface area contributed by atoms with Gasteiger partial charge in [0.05, 0.1) is 40.6 Å². The van der Waals surface area contributed by atoms with Gasteiger partial charge in [-0.25, -0.2) is 4.98 Å². The number of nitrogens with two attached hydrogens (primary N) is 1. The topological polar surface area (TPSA) is 117 Å². The zero-order valence-electron chi connectivity index (χ0n) is 17.0. The molecule has 0 aliphatic carbocycles. The van der Waals surface area contributed by atoms with Crippen LogP contribution in [0.3, 0.4) is 0 Å². The third-order valence-electron chi connectivity index (χ3n) is 5.08. The second-order valence-electron chi connectivity index (χ2n) is 7.01. The van der Waals surface area contributed by atoms with Gasteiger partial charge in [0.2, 0.25) is 0 Å². The number of carbonyl (C=O) groups is 2. The highest BCUT2D eigenvalue weighted by Gasteiger charge is 2.32. The molecule has 2 amide bonds. The van der Waals surface area contributed by atoms with Crippen LogP contribution in [0.4, 0.5) is 24.7 Å². The Bertz CT molecular complexity index is 1140. The number of H-pyrrole nitrogens is 1. The van der Waals surface area contributed by atoms with Crippen molar-refractivity contribution in [3.63, 3.8) is 0 Å². The Balaban J connectivity index is 1.83. The van der Waals surface area contributed by atoms with E-state index in [4.69, 9.17) is 5.73 Å². The van der Waals surface area contributed by atoms with Gasteiger partial charge in [-0.05, 0) is 44.0 Å². The van der Waals surface area contributed by atoms with Crippen molar-refractivity contribution in [3.05, 3.63) is 47.3 Å². The number of hydrogen-bond donors (Lipinski definition) is 3. The van der Waals surface area contributed by atoms with E-state index in [0.717, 1.165) is 12.1 Å². The number of aromatic nitrogens is 3. The molecular weight excluding hydrogens is 413 g/mol. The van der Waals surface area contributed by atoms with Gasteiger partial charge in [-0.3, -0.25) is 14.7 Å². The zero-order valence-corrected chi connectivity index (χ0v) is 17.0. The fourth-order valence-corrected chi connectivity index (χ4v) is 3.44. The molecular formula is C20H21F3N6O2. The molecule has 0 bridgehead atoms. The molecule has 1 atom stereocenters. The average Bonchev–Trinajstić information content (AvgIpc) is 3.20. The van der Waals surface area contributed by atoms with Crippen molar-refractivity contribution >= 4 is 34.2 Å². The quantitative estimate of drug-likeness (QED) is 0.544. The summed E-state index contributed by atoms with van der Waals surface area (Å²) >= 11 is 0. The maximum atomic E-state index is 12.9. The summed E-state index contributed by atoms with van der Waals surface area (Å²) in [6, 6.07) is 2.70. The highest BCUT2D eigenvalue weighted by molar-refractivity contribution is 6.40.